The van der Waals surface area contributed by atoms with Crippen LogP contribution in [0.5, 0.6) is 5.75 Å². The van der Waals surface area contributed by atoms with Crippen molar-refractivity contribution in [2.24, 2.45) is 0 Å². The minimum absolute atomic E-state index is 0.0952. The molecule has 0 aliphatic carbocycles. The monoisotopic (exact) mass is 518 g/mol. The predicted molar refractivity (Wildman–Crippen MR) is 118 cm³/mol. The molecule has 2 aromatic carbocycles. The lowest BCUT2D eigenvalue weighted by molar-refractivity contribution is -0.128. The minimum atomic E-state index is -5.87. The Hall–Kier alpha value is -2.11. The zero-order chi connectivity index (χ0) is 26.2. The summed E-state index contributed by atoms with van der Waals surface area (Å²) in [5.74, 6) is -1.39. The van der Waals surface area contributed by atoms with Crippen LogP contribution < -0.4 is 4.18 Å². The summed E-state index contributed by atoms with van der Waals surface area (Å²) in [6.07, 6.45) is 0.203. The fourth-order valence-electron chi connectivity index (χ4n) is 2.31. The van der Waals surface area contributed by atoms with E-state index in [1.165, 1.54) is 19.1 Å². The molecule has 0 aliphatic rings. The maximum Gasteiger partial charge on any atom is 0.534 e. The van der Waals surface area contributed by atoms with Gasteiger partial charge in [-0.3, -0.25) is 4.79 Å². The first-order valence-corrected chi connectivity index (χ1v) is 11.4. The van der Waals surface area contributed by atoms with Crippen molar-refractivity contribution in [1.29, 1.82) is 0 Å². The van der Waals surface area contributed by atoms with Crippen molar-refractivity contribution in [1.82, 2.24) is 0 Å². The van der Waals surface area contributed by atoms with Crippen LogP contribution in [-0.4, -0.2) is 37.7 Å². The third-order valence-electron chi connectivity index (χ3n) is 3.55. The number of aryl methyl sites for hydroxylation is 1. The second kappa shape index (κ2) is 12.4. The first-order chi connectivity index (χ1) is 14.9. The van der Waals surface area contributed by atoms with E-state index in [9.17, 15) is 30.8 Å². The topological polar surface area (TPSA) is 89.9 Å². The van der Waals surface area contributed by atoms with E-state index in [1.807, 2.05) is 0 Å². The molecule has 33 heavy (non-hydrogen) atoms. The van der Waals surface area contributed by atoms with Gasteiger partial charge < -0.3 is 14.0 Å². The first-order valence-electron chi connectivity index (χ1n) is 9.59. The molecule has 0 aliphatic heterocycles. The zero-order valence-electron chi connectivity index (χ0n) is 19.0. The molecule has 1 N–H and O–H groups in total. The molecule has 0 aromatic heterocycles. The Labute approximate surface area is 195 Å². The molecular weight excluding hydrogens is 492 g/mol. The quantitative estimate of drug-likeness (QED) is 0.237. The van der Waals surface area contributed by atoms with Gasteiger partial charge >= 0.3 is 15.6 Å². The van der Waals surface area contributed by atoms with Gasteiger partial charge in [0.05, 0.1) is 17.2 Å². The predicted octanol–water partition coefficient (Wildman–Crippen LogP) is 5.69. The summed E-state index contributed by atoms with van der Waals surface area (Å²) in [5.41, 5.74) is -5.44. The van der Waals surface area contributed by atoms with Crippen molar-refractivity contribution in [2.75, 3.05) is 6.61 Å². The van der Waals surface area contributed by atoms with Gasteiger partial charge in [0.25, 0.3) is 6.47 Å². The van der Waals surface area contributed by atoms with Crippen LogP contribution in [0.15, 0.2) is 18.2 Å². The third kappa shape index (κ3) is 9.73. The minimum Gasteiger partial charge on any atom is -0.468 e. The highest BCUT2D eigenvalue weighted by Crippen LogP contribution is 2.39. The van der Waals surface area contributed by atoms with E-state index in [4.69, 9.17) is 16.7 Å². The summed E-state index contributed by atoms with van der Waals surface area (Å²) in [6, 6.07) is 3.74. The van der Waals surface area contributed by atoms with E-state index in [-0.39, 0.29) is 27.8 Å². The van der Waals surface area contributed by atoms with Crippen LogP contribution in [0.2, 0.25) is 5.02 Å². The Kier molecular flexibility index (Phi) is 11.6. The van der Waals surface area contributed by atoms with E-state index in [0.717, 1.165) is 6.07 Å². The molecular formula is C21H27ClF4O6S. The van der Waals surface area contributed by atoms with Gasteiger partial charge in [-0.15, -0.1) is 0 Å². The maximum atomic E-state index is 14.1. The fraction of sp³-hybridized carbons (Fsp3) is 0.476. The number of carbonyl (C=O) groups is 1. The lowest BCUT2D eigenvalue weighted by Crippen LogP contribution is -2.28. The summed E-state index contributed by atoms with van der Waals surface area (Å²) >= 11 is 5.66. The largest absolute Gasteiger partial charge is 0.534 e. The molecule has 2 aromatic rings. The molecule has 0 saturated heterocycles. The number of hydrogen-bond donors (Lipinski definition) is 1. The van der Waals surface area contributed by atoms with Crippen LogP contribution in [0.4, 0.5) is 17.6 Å². The fourth-order valence-corrected chi connectivity index (χ4v) is 2.98. The third-order valence-corrected chi connectivity index (χ3v) is 4.80. The number of rotatable bonds is 5. The van der Waals surface area contributed by atoms with Crippen LogP contribution >= 0.6 is 11.6 Å². The molecule has 0 bridgehead atoms. The molecule has 0 unspecified atom stereocenters. The number of fused-ring (bicyclic) bond motifs is 1. The van der Waals surface area contributed by atoms with Crippen LogP contribution in [0.1, 0.15) is 45.7 Å². The summed E-state index contributed by atoms with van der Waals surface area (Å²) in [7, 11) is -5.87. The summed E-state index contributed by atoms with van der Waals surface area (Å²) in [5, 5.41) is 8.08. The Balaban J connectivity index is 0.000000859. The Morgan fingerprint density at radius 1 is 1.12 bits per heavy atom. The average Bonchev–Trinajstić information content (AvgIpc) is 2.64. The van der Waals surface area contributed by atoms with E-state index in [0.29, 0.717) is 18.6 Å². The van der Waals surface area contributed by atoms with Crippen molar-refractivity contribution < 1.29 is 44.8 Å². The van der Waals surface area contributed by atoms with Crippen molar-refractivity contribution >= 4 is 39.0 Å². The van der Waals surface area contributed by atoms with Gasteiger partial charge in [-0.1, -0.05) is 18.5 Å². The van der Waals surface area contributed by atoms with E-state index >= 15 is 0 Å². The molecule has 0 saturated carbocycles. The lowest BCUT2D eigenvalue weighted by atomic mass is 9.98. The SMILES string of the molecule is CC(C)(C)O.CCOC=O.CCc1c(C)cc2c(F)c(Cl)ccc2c1OS(=O)(=O)C(F)(F)F. The Morgan fingerprint density at radius 2 is 1.64 bits per heavy atom. The van der Waals surface area contributed by atoms with Crippen LogP contribution in [0.25, 0.3) is 10.8 Å². The van der Waals surface area contributed by atoms with Crippen LogP contribution in [0, 0.1) is 12.7 Å². The van der Waals surface area contributed by atoms with Gasteiger partial charge in [0.2, 0.25) is 0 Å². The van der Waals surface area contributed by atoms with Gasteiger partial charge in [0, 0.05) is 10.8 Å². The van der Waals surface area contributed by atoms with Gasteiger partial charge in [-0.05, 0) is 70.4 Å². The normalized spacial score (nSPS) is 11.6. The molecule has 0 atom stereocenters. The second-order valence-corrected chi connectivity index (χ2v) is 9.46. The summed E-state index contributed by atoms with van der Waals surface area (Å²) < 4.78 is 83.0. The summed E-state index contributed by atoms with van der Waals surface area (Å²) in [4.78, 5) is 9.18. The highest BCUT2D eigenvalue weighted by atomic mass is 35.5. The van der Waals surface area contributed by atoms with Gasteiger partial charge in [0.15, 0.2) is 5.75 Å². The lowest BCUT2D eigenvalue weighted by Gasteiger charge is -2.17. The number of halogens is 5. The van der Waals surface area contributed by atoms with Gasteiger partial charge in [-0.25, -0.2) is 4.39 Å². The smallest absolute Gasteiger partial charge is 0.468 e. The number of hydrogen-bond acceptors (Lipinski definition) is 6. The van der Waals surface area contributed by atoms with Crippen molar-refractivity contribution in [3.63, 3.8) is 0 Å². The number of carbonyl (C=O) groups excluding carboxylic acids is 1. The Morgan fingerprint density at radius 3 is 2.00 bits per heavy atom. The maximum absolute atomic E-state index is 14.1. The molecule has 0 amide bonds. The molecule has 6 nitrogen and oxygen atoms in total. The number of aliphatic hydroxyl groups is 1. The van der Waals surface area contributed by atoms with E-state index in [1.54, 1.807) is 34.6 Å². The highest BCUT2D eigenvalue weighted by molar-refractivity contribution is 7.88. The summed E-state index contributed by atoms with van der Waals surface area (Å²) in [6.45, 7) is 11.0. The molecule has 0 heterocycles. The second-order valence-electron chi connectivity index (χ2n) is 7.52. The molecule has 0 fully saturated rings. The highest BCUT2D eigenvalue weighted by Gasteiger charge is 2.49. The van der Waals surface area contributed by atoms with Crippen molar-refractivity contribution in [2.45, 2.75) is 59.1 Å². The Bertz CT molecular complexity index is 1040. The molecule has 0 spiro atoms. The van der Waals surface area contributed by atoms with Crippen LogP contribution in [-0.2, 0) is 26.1 Å². The molecule has 12 heteroatoms. The van der Waals surface area contributed by atoms with E-state index < -0.39 is 32.8 Å². The number of ether oxygens (including phenoxy) is 1. The zero-order valence-corrected chi connectivity index (χ0v) is 20.6. The van der Waals surface area contributed by atoms with Crippen molar-refractivity contribution in [3.8, 4) is 5.75 Å². The first kappa shape index (κ1) is 30.9. The van der Waals surface area contributed by atoms with Crippen molar-refractivity contribution in [3.05, 3.63) is 40.2 Å². The number of alkyl halides is 3. The van der Waals surface area contributed by atoms with Gasteiger partial charge in [-0.2, -0.15) is 21.6 Å². The molecule has 188 valence electrons. The standard InChI is InChI=1S/C14H11ClF4O3S.C4H10O.C3H6O2/c1-3-8-7(2)6-10-9(4-5-11(15)12(10)16)13(8)22-23(20,21)14(17,18)19;1-4(2,3)5;1-2-5-3-4/h4-6H,3H2,1-2H3;5H,1-3H3;3H,2H2,1H3. The number of benzene rings is 2. The van der Waals surface area contributed by atoms with Gasteiger partial charge in [0.1, 0.15) is 5.82 Å². The average molecular weight is 519 g/mol. The van der Waals surface area contributed by atoms with Crippen LogP contribution in [0.3, 0.4) is 0 Å². The molecule has 2 rings (SSSR count). The molecule has 0 radical (unpaired) electrons. The van der Waals surface area contributed by atoms with E-state index in [2.05, 4.69) is 8.92 Å².